The van der Waals surface area contributed by atoms with Crippen LogP contribution in [0.4, 0.5) is 5.69 Å². The molecule has 0 heterocycles. The van der Waals surface area contributed by atoms with E-state index in [0.29, 0.717) is 12.2 Å². The van der Waals surface area contributed by atoms with Gasteiger partial charge in [0.15, 0.2) is 6.04 Å². The van der Waals surface area contributed by atoms with Gasteiger partial charge in [0.2, 0.25) is 0 Å². The highest BCUT2D eigenvalue weighted by atomic mass is 16.5. The van der Waals surface area contributed by atoms with Crippen LogP contribution in [0.15, 0.2) is 48.5 Å². The van der Waals surface area contributed by atoms with E-state index in [1.807, 2.05) is 55.5 Å². The van der Waals surface area contributed by atoms with Crippen molar-refractivity contribution in [3.05, 3.63) is 65.2 Å². The molecule has 0 saturated heterocycles. The first kappa shape index (κ1) is 15.1. The second kappa shape index (κ2) is 6.90. The van der Waals surface area contributed by atoms with Crippen LogP contribution in [0.25, 0.3) is 0 Å². The van der Waals surface area contributed by atoms with Crippen molar-refractivity contribution < 1.29 is 14.6 Å². The van der Waals surface area contributed by atoms with Gasteiger partial charge in [-0.05, 0) is 30.2 Å². The molecule has 0 radical (unpaired) electrons. The van der Waals surface area contributed by atoms with Crippen LogP contribution in [0, 0.1) is 6.92 Å². The lowest BCUT2D eigenvalue weighted by molar-refractivity contribution is -0.138. The summed E-state index contributed by atoms with van der Waals surface area (Å²) in [6.45, 7) is 2.51. The third-order valence-electron chi connectivity index (χ3n) is 3.23. The van der Waals surface area contributed by atoms with Crippen molar-refractivity contribution in [1.82, 2.24) is 0 Å². The molecule has 0 saturated carbocycles. The molecule has 0 fully saturated rings. The number of nitrogens with one attached hydrogen (secondary N) is 1. The Bertz CT molecular complexity index is 590. The molecular formula is C17H19NO3. The highest BCUT2D eigenvalue weighted by Gasteiger charge is 2.19. The lowest BCUT2D eigenvalue weighted by atomic mass is 10.0. The maximum Gasteiger partial charge on any atom is 0.330 e. The number of hydrogen-bond acceptors (Lipinski definition) is 3. The topological polar surface area (TPSA) is 58.6 Å². The number of anilines is 1. The summed E-state index contributed by atoms with van der Waals surface area (Å²) < 4.78 is 5.05. The Kier molecular flexibility index (Phi) is 4.95. The molecule has 0 aliphatic heterocycles. The number of ether oxygens (including phenoxy) is 1. The highest BCUT2D eigenvalue weighted by Crippen LogP contribution is 2.21. The molecule has 0 aliphatic rings. The van der Waals surface area contributed by atoms with E-state index in [4.69, 9.17) is 4.74 Å². The molecule has 0 aliphatic carbocycles. The van der Waals surface area contributed by atoms with Crippen LogP contribution in [-0.2, 0) is 16.1 Å². The molecule has 110 valence electrons. The van der Waals surface area contributed by atoms with E-state index in [0.717, 1.165) is 16.8 Å². The third kappa shape index (κ3) is 4.07. The summed E-state index contributed by atoms with van der Waals surface area (Å²) in [5.41, 5.74) is 3.65. The number of hydrogen-bond donors (Lipinski definition) is 2. The molecule has 2 aromatic rings. The number of carboxylic acids is 1. The van der Waals surface area contributed by atoms with E-state index in [1.165, 1.54) is 0 Å². The molecular weight excluding hydrogens is 266 g/mol. The van der Waals surface area contributed by atoms with Crippen molar-refractivity contribution in [2.45, 2.75) is 19.6 Å². The summed E-state index contributed by atoms with van der Waals surface area (Å²) in [6, 6.07) is 14.3. The number of methoxy groups -OCH3 is 1. The van der Waals surface area contributed by atoms with Crippen molar-refractivity contribution in [3.8, 4) is 0 Å². The zero-order chi connectivity index (χ0) is 15.2. The van der Waals surface area contributed by atoms with Gasteiger partial charge in [-0.1, -0.05) is 42.0 Å². The Balaban J connectivity index is 2.18. The van der Waals surface area contributed by atoms with Crippen molar-refractivity contribution in [2.24, 2.45) is 0 Å². The summed E-state index contributed by atoms with van der Waals surface area (Å²) in [6.07, 6.45) is 0. The summed E-state index contributed by atoms with van der Waals surface area (Å²) in [5.74, 6) is -0.907. The molecule has 1 unspecified atom stereocenters. The van der Waals surface area contributed by atoms with Crippen LogP contribution in [0.5, 0.6) is 0 Å². The summed E-state index contributed by atoms with van der Waals surface area (Å²) >= 11 is 0. The van der Waals surface area contributed by atoms with Crippen LogP contribution in [-0.4, -0.2) is 18.2 Å². The van der Waals surface area contributed by atoms with Gasteiger partial charge >= 0.3 is 5.97 Å². The number of carbonyl (C=O) groups is 1. The quantitative estimate of drug-likeness (QED) is 0.854. The van der Waals surface area contributed by atoms with Gasteiger partial charge in [0.1, 0.15) is 0 Å². The lowest BCUT2D eigenvalue weighted by Gasteiger charge is -2.16. The highest BCUT2D eigenvalue weighted by molar-refractivity contribution is 5.79. The zero-order valence-electron chi connectivity index (χ0n) is 12.2. The Morgan fingerprint density at radius 3 is 2.29 bits per heavy atom. The smallest absolute Gasteiger partial charge is 0.330 e. The monoisotopic (exact) mass is 285 g/mol. The van der Waals surface area contributed by atoms with Gasteiger partial charge in [-0.15, -0.1) is 0 Å². The van der Waals surface area contributed by atoms with Crippen molar-refractivity contribution in [2.75, 3.05) is 12.4 Å². The predicted molar refractivity (Wildman–Crippen MR) is 82.3 cm³/mol. The average Bonchev–Trinajstić information content (AvgIpc) is 2.48. The summed E-state index contributed by atoms with van der Waals surface area (Å²) in [4.78, 5) is 11.5. The van der Waals surface area contributed by atoms with Gasteiger partial charge in [0, 0.05) is 12.8 Å². The fourth-order valence-corrected chi connectivity index (χ4v) is 2.08. The first-order chi connectivity index (χ1) is 10.1. The van der Waals surface area contributed by atoms with Crippen molar-refractivity contribution in [3.63, 3.8) is 0 Å². The maximum atomic E-state index is 11.5. The summed E-state index contributed by atoms with van der Waals surface area (Å²) in [7, 11) is 1.63. The van der Waals surface area contributed by atoms with E-state index in [9.17, 15) is 9.90 Å². The minimum absolute atomic E-state index is 0.517. The maximum absolute atomic E-state index is 11.5. The minimum atomic E-state index is -0.907. The molecule has 2 aromatic carbocycles. The largest absolute Gasteiger partial charge is 0.479 e. The average molecular weight is 285 g/mol. The first-order valence-electron chi connectivity index (χ1n) is 6.74. The van der Waals surface area contributed by atoms with Gasteiger partial charge in [0.25, 0.3) is 0 Å². The van der Waals surface area contributed by atoms with Gasteiger partial charge in [-0.2, -0.15) is 0 Å². The van der Waals surface area contributed by atoms with Crippen LogP contribution < -0.4 is 5.32 Å². The van der Waals surface area contributed by atoms with Gasteiger partial charge < -0.3 is 15.2 Å². The Morgan fingerprint density at radius 2 is 1.76 bits per heavy atom. The van der Waals surface area contributed by atoms with E-state index in [1.54, 1.807) is 7.11 Å². The number of aliphatic carboxylic acids is 1. The van der Waals surface area contributed by atoms with E-state index < -0.39 is 12.0 Å². The molecule has 0 spiro atoms. The third-order valence-corrected chi connectivity index (χ3v) is 3.23. The van der Waals surface area contributed by atoms with Crippen LogP contribution >= 0.6 is 0 Å². The number of carboxylic acid groups (broad SMARTS) is 1. The molecule has 0 aromatic heterocycles. The van der Waals surface area contributed by atoms with Crippen LogP contribution in [0.3, 0.4) is 0 Å². The lowest BCUT2D eigenvalue weighted by Crippen LogP contribution is -2.20. The van der Waals surface area contributed by atoms with E-state index in [2.05, 4.69) is 5.32 Å². The normalized spacial score (nSPS) is 11.9. The Hall–Kier alpha value is -2.33. The molecule has 1 atom stereocenters. The van der Waals surface area contributed by atoms with Gasteiger partial charge in [-0.3, -0.25) is 0 Å². The summed E-state index contributed by atoms with van der Waals surface area (Å²) in [5, 5.41) is 12.5. The molecule has 2 N–H and O–H groups in total. The molecule has 21 heavy (non-hydrogen) atoms. The number of rotatable bonds is 6. The predicted octanol–water partition coefficient (Wildman–Crippen LogP) is 3.38. The number of benzene rings is 2. The SMILES string of the molecule is COCc1ccc(C(Nc2ccc(C)cc2)C(=O)O)cc1. The minimum Gasteiger partial charge on any atom is -0.479 e. The molecule has 4 heteroatoms. The fraction of sp³-hybridized carbons (Fsp3) is 0.235. The van der Waals surface area contributed by atoms with Gasteiger partial charge in [0.05, 0.1) is 6.61 Å². The van der Waals surface area contributed by atoms with Crippen LogP contribution in [0.1, 0.15) is 22.7 Å². The second-order valence-electron chi connectivity index (χ2n) is 4.96. The molecule has 0 amide bonds. The second-order valence-corrected chi connectivity index (χ2v) is 4.96. The zero-order valence-corrected chi connectivity index (χ0v) is 12.2. The molecule has 0 bridgehead atoms. The van der Waals surface area contributed by atoms with Crippen LogP contribution in [0.2, 0.25) is 0 Å². The molecule has 2 rings (SSSR count). The molecule has 4 nitrogen and oxygen atoms in total. The number of aryl methyl sites for hydroxylation is 1. The Morgan fingerprint density at radius 1 is 1.14 bits per heavy atom. The first-order valence-corrected chi connectivity index (χ1v) is 6.74. The Labute approximate surface area is 124 Å². The van der Waals surface area contributed by atoms with Crippen molar-refractivity contribution >= 4 is 11.7 Å². The van der Waals surface area contributed by atoms with Gasteiger partial charge in [-0.25, -0.2) is 4.79 Å². The standard InChI is InChI=1S/C17H19NO3/c1-12-3-9-15(10-4-12)18-16(17(19)20)14-7-5-13(6-8-14)11-21-2/h3-10,16,18H,11H2,1-2H3,(H,19,20). The van der Waals surface area contributed by atoms with Crippen molar-refractivity contribution in [1.29, 1.82) is 0 Å². The fourth-order valence-electron chi connectivity index (χ4n) is 2.08. The van der Waals surface area contributed by atoms with E-state index in [-0.39, 0.29) is 0 Å². The van der Waals surface area contributed by atoms with E-state index >= 15 is 0 Å².